The van der Waals surface area contributed by atoms with E-state index in [2.05, 4.69) is 0 Å². The van der Waals surface area contributed by atoms with Crippen LogP contribution in [0.3, 0.4) is 0 Å². The molecule has 0 amide bonds. The van der Waals surface area contributed by atoms with Crippen molar-refractivity contribution in [2.24, 2.45) is 0 Å². The van der Waals surface area contributed by atoms with E-state index in [0.717, 1.165) is 0 Å². The Bertz CT molecular complexity index is 199. The molecule has 13 heavy (non-hydrogen) atoms. The average molecular weight is 211 g/mol. The quantitative estimate of drug-likeness (QED) is 0.416. The van der Waals surface area contributed by atoms with E-state index in [9.17, 15) is 13.0 Å². The zero-order chi connectivity index (χ0) is 10.2. The Morgan fingerprint density at radius 3 is 2.38 bits per heavy atom. The summed E-state index contributed by atoms with van der Waals surface area (Å²) in [6, 6.07) is 0. The van der Waals surface area contributed by atoms with Gasteiger partial charge in [0.05, 0.1) is 23.3 Å². The minimum absolute atomic E-state index is 0.305. The summed E-state index contributed by atoms with van der Waals surface area (Å²) in [6.45, 7) is 1.50. The fourth-order valence-electron chi connectivity index (χ4n) is 0.727. The summed E-state index contributed by atoms with van der Waals surface area (Å²) >= 11 is 0. The summed E-state index contributed by atoms with van der Waals surface area (Å²) in [7, 11) is -2.48. The number of ether oxygens (including phenoxy) is 2. The number of rotatable bonds is 8. The van der Waals surface area contributed by atoms with Gasteiger partial charge in [-0.05, 0) is 12.8 Å². The van der Waals surface area contributed by atoms with Crippen molar-refractivity contribution in [3.63, 3.8) is 0 Å². The predicted molar refractivity (Wildman–Crippen MR) is 46.5 cm³/mol. The summed E-state index contributed by atoms with van der Waals surface area (Å²) in [5, 5.41) is 0. The van der Waals surface area contributed by atoms with Crippen LogP contribution in [0.4, 0.5) is 0 Å². The molecule has 0 saturated carbocycles. The van der Waals surface area contributed by atoms with Crippen molar-refractivity contribution in [2.45, 2.75) is 12.8 Å². The Morgan fingerprint density at radius 2 is 1.85 bits per heavy atom. The number of hydrogen-bond donors (Lipinski definition) is 0. The molecule has 6 heteroatoms. The average Bonchev–Trinajstić information content (AvgIpc) is 2.01. The highest BCUT2D eigenvalue weighted by molar-refractivity contribution is 7.85. The molecule has 0 fully saturated rings. The molecule has 80 valence electrons. The van der Waals surface area contributed by atoms with Crippen molar-refractivity contribution in [1.29, 1.82) is 0 Å². The third kappa shape index (κ3) is 11.8. The van der Waals surface area contributed by atoms with Crippen LogP contribution >= 0.6 is 0 Å². The van der Waals surface area contributed by atoms with E-state index in [0.29, 0.717) is 32.7 Å². The highest BCUT2D eigenvalue weighted by Gasteiger charge is 1.95. The van der Waals surface area contributed by atoms with Gasteiger partial charge in [0.25, 0.3) is 0 Å². The zero-order valence-corrected chi connectivity index (χ0v) is 8.51. The highest BCUT2D eigenvalue weighted by atomic mass is 32.2. The molecule has 0 aromatic carbocycles. The third-order valence-corrected chi connectivity index (χ3v) is 2.15. The van der Waals surface area contributed by atoms with Crippen LogP contribution in [0.5, 0.6) is 0 Å². The normalized spacial score (nSPS) is 11.8. The second kappa shape index (κ2) is 7.25. The van der Waals surface area contributed by atoms with Crippen LogP contribution in [0.2, 0.25) is 0 Å². The van der Waals surface area contributed by atoms with Crippen LogP contribution in [-0.2, 0) is 19.6 Å². The van der Waals surface area contributed by atoms with Crippen LogP contribution in [0.15, 0.2) is 0 Å². The molecule has 0 aliphatic rings. The summed E-state index contributed by atoms with van der Waals surface area (Å²) in [6.07, 6.45) is 0.948. The molecular weight excluding hydrogens is 196 g/mol. The molecule has 5 nitrogen and oxygen atoms in total. The molecule has 0 unspecified atom stereocenters. The Morgan fingerprint density at radius 1 is 1.15 bits per heavy atom. The Balaban J connectivity index is 3.09. The van der Waals surface area contributed by atoms with E-state index >= 15 is 0 Å². The zero-order valence-electron chi connectivity index (χ0n) is 7.69. The van der Waals surface area contributed by atoms with Crippen LogP contribution in [0, 0.1) is 0 Å². The van der Waals surface area contributed by atoms with Gasteiger partial charge in [0.15, 0.2) is 0 Å². The molecular formula is C7H15O5S-. The third-order valence-electron chi connectivity index (χ3n) is 1.36. The predicted octanol–water partition coefficient (Wildman–Crippen LogP) is -0.0252. The van der Waals surface area contributed by atoms with Gasteiger partial charge in [0.2, 0.25) is 0 Å². The van der Waals surface area contributed by atoms with E-state index in [4.69, 9.17) is 9.47 Å². The standard InChI is InChI=1S/C7H16O5S/c1-11-5-6-12-4-2-3-7-13(8,9)10/h2-7H2,1H3,(H,8,9,10)/p-1. The van der Waals surface area contributed by atoms with Gasteiger partial charge in [0, 0.05) is 19.5 Å². The molecule has 0 heterocycles. The van der Waals surface area contributed by atoms with E-state index in [1.54, 1.807) is 7.11 Å². The van der Waals surface area contributed by atoms with Crippen LogP contribution in [-0.4, -0.2) is 45.7 Å². The van der Waals surface area contributed by atoms with Gasteiger partial charge in [-0.2, -0.15) is 0 Å². The Labute approximate surface area is 78.8 Å². The Kier molecular flexibility index (Phi) is 7.16. The molecule has 0 saturated heterocycles. The molecule has 0 aromatic rings. The first kappa shape index (κ1) is 12.8. The first-order valence-corrected chi connectivity index (χ1v) is 5.64. The van der Waals surface area contributed by atoms with Gasteiger partial charge in [-0.25, -0.2) is 8.42 Å². The second-order valence-electron chi connectivity index (χ2n) is 2.57. The van der Waals surface area contributed by atoms with Gasteiger partial charge in [0.1, 0.15) is 0 Å². The van der Waals surface area contributed by atoms with Gasteiger partial charge in [-0.1, -0.05) is 0 Å². The maximum Gasteiger partial charge on any atom is 0.0945 e. The topological polar surface area (TPSA) is 75.7 Å². The van der Waals surface area contributed by atoms with Crippen molar-refractivity contribution in [2.75, 3.05) is 32.7 Å². The molecule has 0 aliphatic heterocycles. The van der Waals surface area contributed by atoms with E-state index in [1.807, 2.05) is 0 Å². The molecule has 0 N–H and O–H groups in total. The lowest BCUT2D eigenvalue weighted by Gasteiger charge is -2.06. The fraction of sp³-hybridized carbons (Fsp3) is 1.00. The largest absolute Gasteiger partial charge is 0.748 e. The van der Waals surface area contributed by atoms with Crippen molar-refractivity contribution in [3.05, 3.63) is 0 Å². The minimum Gasteiger partial charge on any atom is -0.748 e. The lowest BCUT2D eigenvalue weighted by atomic mass is 10.4. The minimum atomic E-state index is -4.05. The molecule has 0 aliphatic carbocycles. The highest BCUT2D eigenvalue weighted by Crippen LogP contribution is 1.94. The Hall–Kier alpha value is -0.170. The van der Waals surface area contributed by atoms with Crippen molar-refractivity contribution in [3.8, 4) is 0 Å². The van der Waals surface area contributed by atoms with Crippen LogP contribution in [0.1, 0.15) is 12.8 Å². The first-order valence-electron chi connectivity index (χ1n) is 4.06. The van der Waals surface area contributed by atoms with Crippen LogP contribution in [0.25, 0.3) is 0 Å². The molecule has 0 bridgehead atoms. The van der Waals surface area contributed by atoms with Gasteiger partial charge >= 0.3 is 0 Å². The smallest absolute Gasteiger partial charge is 0.0945 e. The fourth-order valence-corrected chi connectivity index (χ4v) is 1.28. The molecule has 0 atom stereocenters. The van der Waals surface area contributed by atoms with E-state index in [-0.39, 0.29) is 5.75 Å². The second-order valence-corrected chi connectivity index (χ2v) is 4.10. The molecule has 0 radical (unpaired) electrons. The number of methoxy groups -OCH3 is 1. The lowest BCUT2D eigenvalue weighted by Crippen LogP contribution is -2.07. The summed E-state index contributed by atoms with van der Waals surface area (Å²) in [5.74, 6) is -0.305. The summed E-state index contributed by atoms with van der Waals surface area (Å²) < 4.78 is 40.2. The summed E-state index contributed by atoms with van der Waals surface area (Å²) in [5.41, 5.74) is 0. The van der Waals surface area contributed by atoms with E-state index < -0.39 is 10.1 Å². The monoisotopic (exact) mass is 211 g/mol. The van der Waals surface area contributed by atoms with Crippen molar-refractivity contribution >= 4 is 10.1 Å². The first-order chi connectivity index (χ1) is 6.06. The number of hydrogen-bond acceptors (Lipinski definition) is 5. The SMILES string of the molecule is COCCOCCCCS(=O)(=O)[O-]. The van der Waals surface area contributed by atoms with E-state index in [1.165, 1.54) is 0 Å². The van der Waals surface area contributed by atoms with Gasteiger partial charge in [-0.15, -0.1) is 0 Å². The molecule has 0 rings (SSSR count). The van der Waals surface area contributed by atoms with Gasteiger partial charge < -0.3 is 14.0 Å². The van der Waals surface area contributed by atoms with Crippen LogP contribution < -0.4 is 0 Å². The summed E-state index contributed by atoms with van der Waals surface area (Å²) in [4.78, 5) is 0. The molecule has 0 spiro atoms. The maximum atomic E-state index is 10.2. The van der Waals surface area contributed by atoms with Crippen molar-refractivity contribution < 1.29 is 22.4 Å². The maximum absolute atomic E-state index is 10.2. The van der Waals surface area contributed by atoms with Gasteiger partial charge in [-0.3, -0.25) is 0 Å². The lowest BCUT2D eigenvalue weighted by molar-refractivity contribution is 0.0692. The number of unbranched alkanes of at least 4 members (excludes halogenated alkanes) is 1. The van der Waals surface area contributed by atoms with Crippen molar-refractivity contribution in [1.82, 2.24) is 0 Å². The molecule has 0 aromatic heterocycles.